The molecule has 2 aliphatic heterocycles. The van der Waals surface area contributed by atoms with E-state index < -0.39 is 6.03 Å². The van der Waals surface area contributed by atoms with E-state index in [1.54, 1.807) is 19.2 Å². The molecule has 3 aliphatic rings. The third kappa shape index (κ3) is 5.43. The molecule has 6 atom stereocenters. The van der Waals surface area contributed by atoms with Gasteiger partial charge in [0.05, 0.1) is 36.2 Å². The Kier molecular flexibility index (Phi) is 7.28. The lowest BCUT2D eigenvalue weighted by atomic mass is 9.67. The van der Waals surface area contributed by atoms with Gasteiger partial charge in [-0.05, 0) is 64.3 Å². The zero-order valence-electron chi connectivity index (χ0n) is 20.3. The van der Waals surface area contributed by atoms with Gasteiger partial charge in [-0.3, -0.25) is 10.1 Å². The number of nitrogen functional groups attached to an aromatic ring is 1. The minimum absolute atomic E-state index is 0.00335. The highest BCUT2D eigenvalue weighted by Gasteiger charge is 2.71. The Bertz CT molecular complexity index is 944. The second kappa shape index (κ2) is 9.89. The Morgan fingerprint density at radius 3 is 2.62 bits per heavy atom. The fourth-order valence-corrected chi connectivity index (χ4v) is 5.92. The van der Waals surface area contributed by atoms with Gasteiger partial charge in [0.25, 0.3) is 0 Å². The average molecular weight is 490 g/mol. The maximum atomic E-state index is 12.6. The van der Waals surface area contributed by atoms with Crippen LogP contribution in [0.2, 0.25) is 0 Å². The Morgan fingerprint density at radius 2 is 2.00 bits per heavy atom. The molecular formula is C25H35N3O5S. The lowest BCUT2D eigenvalue weighted by Crippen LogP contribution is -2.60. The first-order valence-corrected chi connectivity index (χ1v) is 12.7. The van der Waals surface area contributed by atoms with Gasteiger partial charge in [-0.1, -0.05) is 11.6 Å². The molecule has 34 heavy (non-hydrogen) atoms. The molecule has 186 valence electrons. The largest absolute Gasteiger partial charge is 0.399 e. The number of carbonyl (C=O) groups excluding carboxylic acids is 2. The molecule has 9 heteroatoms. The smallest absolute Gasteiger partial charge is 0.321 e. The van der Waals surface area contributed by atoms with Crippen LogP contribution < -0.4 is 16.4 Å². The number of imide groups is 1. The summed E-state index contributed by atoms with van der Waals surface area (Å²) in [4.78, 5) is 25.9. The molecule has 4 rings (SSSR count). The lowest BCUT2D eigenvalue weighted by molar-refractivity contribution is -0.117. The third-order valence-corrected chi connectivity index (χ3v) is 8.13. The zero-order valence-corrected chi connectivity index (χ0v) is 21.1. The standard InChI is InChI=1S/C25H35N3O5S/c1-15(2)5-10-19-24(3,33-19)22-21(31-4)18(11-12-25(22)14-32-25)27-23(30)28-20(29)13-34-17-8-6-16(26)7-9-17/h5-9,18-19,21-22H,10-14,26H2,1-4H3,(H2,27,28,29,30)/t18-,19-,21-,22-,24+,25+/m1/s1. The Morgan fingerprint density at radius 1 is 1.29 bits per heavy atom. The molecule has 0 aromatic heterocycles. The van der Waals surface area contributed by atoms with Crippen molar-refractivity contribution in [2.24, 2.45) is 5.92 Å². The van der Waals surface area contributed by atoms with Gasteiger partial charge in [-0.15, -0.1) is 11.8 Å². The zero-order chi connectivity index (χ0) is 24.5. The molecule has 1 spiro atoms. The number of anilines is 1. The molecule has 4 N–H and O–H groups in total. The lowest BCUT2D eigenvalue weighted by Gasteiger charge is -2.43. The van der Waals surface area contributed by atoms with Crippen molar-refractivity contribution >= 4 is 29.4 Å². The summed E-state index contributed by atoms with van der Waals surface area (Å²) >= 11 is 1.35. The number of ether oxygens (including phenoxy) is 3. The maximum Gasteiger partial charge on any atom is 0.321 e. The van der Waals surface area contributed by atoms with Crippen LogP contribution in [0, 0.1) is 5.92 Å². The molecule has 1 aromatic rings. The van der Waals surface area contributed by atoms with E-state index in [9.17, 15) is 9.59 Å². The van der Waals surface area contributed by atoms with Crippen molar-refractivity contribution in [2.45, 2.75) is 74.4 Å². The van der Waals surface area contributed by atoms with E-state index >= 15 is 0 Å². The number of carbonyl (C=O) groups is 2. The number of thioether (sulfide) groups is 1. The van der Waals surface area contributed by atoms with E-state index in [2.05, 4.69) is 37.5 Å². The van der Waals surface area contributed by atoms with Crippen molar-refractivity contribution in [3.63, 3.8) is 0 Å². The summed E-state index contributed by atoms with van der Waals surface area (Å²) in [7, 11) is 1.66. The van der Waals surface area contributed by atoms with Gasteiger partial charge in [0.15, 0.2) is 0 Å². The summed E-state index contributed by atoms with van der Waals surface area (Å²) in [6.45, 7) is 6.97. The van der Waals surface area contributed by atoms with Crippen molar-refractivity contribution < 1.29 is 23.8 Å². The molecule has 2 heterocycles. The summed E-state index contributed by atoms with van der Waals surface area (Å²) in [5.41, 5.74) is 6.99. The molecule has 1 saturated carbocycles. The molecule has 1 aromatic carbocycles. The second-order valence-corrected chi connectivity index (χ2v) is 10.9. The summed E-state index contributed by atoms with van der Waals surface area (Å²) in [5.74, 6) is -0.230. The fourth-order valence-electron chi connectivity index (χ4n) is 5.22. The van der Waals surface area contributed by atoms with E-state index in [-0.39, 0.29) is 47.0 Å². The predicted molar refractivity (Wildman–Crippen MR) is 132 cm³/mol. The van der Waals surface area contributed by atoms with Gasteiger partial charge in [0.1, 0.15) is 5.60 Å². The molecule has 2 saturated heterocycles. The molecule has 0 unspecified atom stereocenters. The first-order valence-electron chi connectivity index (χ1n) is 11.7. The number of benzene rings is 1. The van der Waals surface area contributed by atoms with E-state index in [1.165, 1.54) is 17.3 Å². The summed E-state index contributed by atoms with van der Waals surface area (Å²) < 4.78 is 18.1. The van der Waals surface area contributed by atoms with Crippen LogP contribution in [-0.4, -0.2) is 60.9 Å². The highest BCUT2D eigenvalue weighted by molar-refractivity contribution is 8.00. The molecule has 1 aliphatic carbocycles. The van der Waals surface area contributed by atoms with Gasteiger partial charge in [0.2, 0.25) is 5.91 Å². The number of nitrogens with one attached hydrogen (secondary N) is 2. The van der Waals surface area contributed by atoms with Crippen LogP contribution in [0.1, 0.15) is 40.0 Å². The highest BCUT2D eigenvalue weighted by Crippen LogP contribution is 2.59. The van der Waals surface area contributed by atoms with Gasteiger partial charge in [0, 0.05) is 23.6 Å². The van der Waals surface area contributed by atoms with Gasteiger partial charge in [-0.25, -0.2) is 4.79 Å². The molecule has 8 nitrogen and oxygen atoms in total. The highest BCUT2D eigenvalue weighted by atomic mass is 32.2. The quantitative estimate of drug-likeness (QED) is 0.222. The van der Waals surface area contributed by atoms with Gasteiger partial charge >= 0.3 is 6.03 Å². The predicted octanol–water partition coefficient (Wildman–Crippen LogP) is 3.26. The number of epoxide rings is 2. The summed E-state index contributed by atoms with van der Waals surface area (Å²) in [5, 5.41) is 5.41. The molecular weight excluding hydrogens is 454 g/mol. The van der Waals surface area contributed by atoms with Crippen molar-refractivity contribution in [1.29, 1.82) is 0 Å². The molecule has 3 amide bonds. The second-order valence-electron chi connectivity index (χ2n) is 9.86. The van der Waals surface area contributed by atoms with Crippen molar-refractivity contribution in [3.8, 4) is 0 Å². The van der Waals surface area contributed by atoms with Crippen molar-refractivity contribution in [1.82, 2.24) is 10.6 Å². The number of allylic oxidation sites excluding steroid dienone is 1. The van der Waals surface area contributed by atoms with Crippen LogP contribution in [0.4, 0.5) is 10.5 Å². The Balaban J connectivity index is 1.34. The van der Waals surface area contributed by atoms with E-state index in [0.29, 0.717) is 18.7 Å². The van der Waals surface area contributed by atoms with Crippen LogP contribution >= 0.6 is 11.8 Å². The van der Waals surface area contributed by atoms with Crippen molar-refractivity contribution in [3.05, 3.63) is 35.9 Å². The molecule has 0 bridgehead atoms. The Labute approximate surface area is 205 Å². The number of rotatable bonds is 8. The van der Waals surface area contributed by atoms with Crippen LogP contribution in [-0.2, 0) is 19.0 Å². The third-order valence-electron chi connectivity index (χ3n) is 7.11. The summed E-state index contributed by atoms with van der Waals surface area (Å²) in [6, 6.07) is 6.50. The first-order chi connectivity index (χ1) is 16.2. The molecule has 0 radical (unpaired) electrons. The average Bonchev–Trinajstić information content (AvgIpc) is 3.70. The number of hydrogen-bond donors (Lipinski definition) is 3. The number of hydrogen-bond acceptors (Lipinski definition) is 7. The topological polar surface area (TPSA) is 119 Å². The van der Waals surface area contributed by atoms with Crippen LogP contribution in [0.5, 0.6) is 0 Å². The maximum absolute atomic E-state index is 12.6. The number of nitrogens with two attached hydrogens (primary N) is 1. The van der Waals surface area contributed by atoms with E-state index in [0.717, 1.165) is 17.7 Å². The first kappa shape index (κ1) is 25.0. The number of methoxy groups -OCH3 is 1. The Hall–Kier alpha value is -2.07. The minimum atomic E-state index is -0.510. The summed E-state index contributed by atoms with van der Waals surface area (Å²) in [6.07, 6.45) is 4.40. The fraction of sp³-hybridized carbons (Fsp3) is 0.600. The van der Waals surface area contributed by atoms with Crippen molar-refractivity contribution in [2.75, 3.05) is 25.2 Å². The number of urea groups is 1. The van der Waals surface area contributed by atoms with E-state index in [1.807, 2.05) is 12.1 Å². The van der Waals surface area contributed by atoms with E-state index in [4.69, 9.17) is 19.9 Å². The minimum Gasteiger partial charge on any atom is -0.399 e. The van der Waals surface area contributed by atoms with Crippen LogP contribution in [0.25, 0.3) is 0 Å². The normalized spacial score (nSPS) is 33.8. The monoisotopic (exact) mass is 489 g/mol. The van der Waals surface area contributed by atoms with Crippen LogP contribution in [0.3, 0.4) is 0 Å². The number of amides is 3. The van der Waals surface area contributed by atoms with Crippen LogP contribution in [0.15, 0.2) is 40.8 Å². The molecule has 3 fully saturated rings. The van der Waals surface area contributed by atoms with Gasteiger partial charge in [-0.2, -0.15) is 0 Å². The van der Waals surface area contributed by atoms with Gasteiger partial charge < -0.3 is 25.3 Å². The SMILES string of the molecule is CO[C@@H]1[C@H](NC(=O)NC(=O)CSc2ccc(N)cc2)CC[C@]2(CO2)[C@H]1[C@@]1(C)O[C@@H]1CC=C(C)C.